The van der Waals surface area contributed by atoms with Gasteiger partial charge in [-0.2, -0.15) is 0 Å². The largest absolute Gasteiger partial charge is 0.481 e. The van der Waals surface area contributed by atoms with E-state index >= 15 is 0 Å². The molecule has 7 heteroatoms. The summed E-state index contributed by atoms with van der Waals surface area (Å²) in [5.41, 5.74) is 1.46. The van der Waals surface area contributed by atoms with Crippen LogP contribution in [0.1, 0.15) is 20.3 Å². The van der Waals surface area contributed by atoms with E-state index in [1.807, 2.05) is 49.4 Å². The molecule has 3 aromatic rings. The number of thiazole rings is 1. The lowest BCUT2D eigenvalue weighted by atomic mass is 10.2. The van der Waals surface area contributed by atoms with Crippen molar-refractivity contribution in [1.82, 2.24) is 4.98 Å². The summed E-state index contributed by atoms with van der Waals surface area (Å²) < 4.78 is 6.63. The average molecular weight is 369 g/mol. The van der Waals surface area contributed by atoms with Crippen LogP contribution in [0, 0.1) is 0 Å². The number of aromatic nitrogens is 1. The van der Waals surface area contributed by atoms with Crippen LogP contribution in [-0.2, 0) is 9.59 Å². The predicted molar refractivity (Wildman–Crippen MR) is 104 cm³/mol. The molecule has 0 fully saturated rings. The quantitative estimate of drug-likeness (QED) is 0.687. The maximum Gasteiger partial charge on any atom is 0.267 e. The minimum Gasteiger partial charge on any atom is -0.481 e. The molecule has 2 N–H and O–H groups in total. The Hall–Kier alpha value is -2.93. The van der Waals surface area contributed by atoms with Gasteiger partial charge in [0.25, 0.3) is 5.91 Å². The molecule has 6 nitrogen and oxygen atoms in total. The van der Waals surface area contributed by atoms with Crippen LogP contribution >= 0.6 is 11.3 Å². The number of rotatable bonds is 6. The van der Waals surface area contributed by atoms with E-state index in [1.54, 1.807) is 6.07 Å². The van der Waals surface area contributed by atoms with Gasteiger partial charge in [-0.15, -0.1) is 0 Å². The first kappa shape index (κ1) is 17.9. The van der Waals surface area contributed by atoms with Gasteiger partial charge in [-0.25, -0.2) is 4.98 Å². The molecule has 134 valence electrons. The molecule has 1 unspecified atom stereocenters. The van der Waals surface area contributed by atoms with E-state index in [1.165, 1.54) is 18.3 Å². The molecule has 1 atom stereocenters. The fraction of sp³-hybridized carbons (Fsp3) is 0.211. The molecule has 0 bridgehead atoms. The van der Waals surface area contributed by atoms with Gasteiger partial charge in [0.2, 0.25) is 5.91 Å². The highest BCUT2D eigenvalue weighted by molar-refractivity contribution is 7.22. The summed E-state index contributed by atoms with van der Waals surface area (Å²) >= 11 is 1.35. The zero-order chi connectivity index (χ0) is 18.5. The van der Waals surface area contributed by atoms with Gasteiger partial charge in [-0.3, -0.25) is 14.9 Å². The van der Waals surface area contributed by atoms with Crippen molar-refractivity contribution in [2.45, 2.75) is 26.4 Å². The van der Waals surface area contributed by atoms with Crippen molar-refractivity contribution >= 4 is 44.2 Å². The second-order valence-electron chi connectivity index (χ2n) is 5.70. The molecule has 0 spiro atoms. The van der Waals surface area contributed by atoms with Crippen molar-refractivity contribution in [3.8, 4) is 5.75 Å². The van der Waals surface area contributed by atoms with E-state index in [4.69, 9.17) is 4.74 Å². The van der Waals surface area contributed by atoms with Gasteiger partial charge in [0, 0.05) is 12.6 Å². The van der Waals surface area contributed by atoms with E-state index in [0.29, 0.717) is 23.0 Å². The van der Waals surface area contributed by atoms with Crippen molar-refractivity contribution in [3.05, 3.63) is 48.5 Å². The maximum absolute atomic E-state index is 12.5. The number of hydrogen-bond acceptors (Lipinski definition) is 5. The molecule has 0 saturated heterocycles. The zero-order valence-electron chi connectivity index (χ0n) is 14.5. The SMILES string of the molecule is CCC(Oc1ccccc1)C(=O)Nc1nc2ccc(NC(C)=O)cc2s1. The molecule has 0 saturated carbocycles. The Kier molecular flexibility index (Phi) is 5.48. The van der Waals surface area contributed by atoms with E-state index in [2.05, 4.69) is 15.6 Å². The first-order valence-electron chi connectivity index (χ1n) is 8.26. The molecule has 0 aliphatic heterocycles. The van der Waals surface area contributed by atoms with Gasteiger partial charge in [0.1, 0.15) is 5.75 Å². The predicted octanol–water partition coefficient (Wildman–Crippen LogP) is 4.05. The van der Waals surface area contributed by atoms with Crippen molar-refractivity contribution in [3.63, 3.8) is 0 Å². The van der Waals surface area contributed by atoms with Gasteiger partial charge in [-0.05, 0) is 36.8 Å². The van der Waals surface area contributed by atoms with E-state index in [9.17, 15) is 9.59 Å². The summed E-state index contributed by atoms with van der Waals surface area (Å²) in [5, 5.41) is 6.05. The third kappa shape index (κ3) is 4.37. The van der Waals surface area contributed by atoms with E-state index < -0.39 is 6.10 Å². The Morgan fingerprint density at radius 1 is 1.15 bits per heavy atom. The molecule has 1 heterocycles. The fourth-order valence-electron chi connectivity index (χ4n) is 2.43. The minimum atomic E-state index is -0.598. The van der Waals surface area contributed by atoms with Gasteiger partial charge >= 0.3 is 0 Å². The van der Waals surface area contributed by atoms with Gasteiger partial charge in [0.15, 0.2) is 11.2 Å². The van der Waals surface area contributed by atoms with Crippen LogP contribution in [-0.4, -0.2) is 22.9 Å². The summed E-state index contributed by atoms with van der Waals surface area (Å²) in [6, 6.07) is 14.7. The number of nitrogens with one attached hydrogen (secondary N) is 2. The third-order valence-corrected chi connectivity index (χ3v) is 4.56. The first-order valence-corrected chi connectivity index (χ1v) is 9.07. The molecule has 0 radical (unpaired) electrons. The molecule has 3 rings (SSSR count). The Bertz CT molecular complexity index is 924. The van der Waals surface area contributed by atoms with Crippen molar-refractivity contribution in [1.29, 1.82) is 0 Å². The summed E-state index contributed by atoms with van der Waals surface area (Å²) in [5.74, 6) is 0.280. The lowest BCUT2D eigenvalue weighted by molar-refractivity contribution is -0.122. The number of fused-ring (bicyclic) bond motifs is 1. The number of hydrogen-bond donors (Lipinski definition) is 2. The van der Waals surface area contributed by atoms with Crippen molar-refractivity contribution in [2.75, 3.05) is 10.6 Å². The number of ether oxygens (including phenoxy) is 1. The molecule has 0 aliphatic carbocycles. The number of benzene rings is 2. The van der Waals surface area contributed by atoms with Crippen LogP contribution in [0.25, 0.3) is 10.2 Å². The maximum atomic E-state index is 12.5. The lowest BCUT2D eigenvalue weighted by Gasteiger charge is -2.16. The molecule has 0 aliphatic rings. The molecule has 1 aromatic heterocycles. The number of amides is 2. The molecule has 2 aromatic carbocycles. The highest BCUT2D eigenvalue weighted by atomic mass is 32.1. The fourth-order valence-corrected chi connectivity index (χ4v) is 3.34. The molecule has 26 heavy (non-hydrogen) atoms. The summed E-state index contributed by atoms with van der Waals surface area (Å²) in [6.45, 7) is 3.35. The van der Waals surface area contributed by atoms with E-state index in [0.717, 1.165) is 10.2 Å². The van der Waals surface area contributed by atoms with Crippen LogP contribution < -0.4 is 15.4 Å². The second kappa shape index (κ2) is 7.97. The van der Waals surface area contributed by atoms with Crippen molar-refractivity contribution < 1.29 is 14.3 Å². The lowest BCUT2D eigenvalue weighted by Crippen LogP contribution is -2.32. The topological polar surface area (TPSA) is 80.3 Å². The summed E-state index contributed by atoms with van der Waals surface area (Å²) in [4.78, 5) is 28.1. The summed E-state index contributed by atoms with van der Waals surface area (Å²) in [6.07, 6.45) is -0.0578. The van der Waals surface area contributed by atoms with Crippen LogP contribution in [0.3, 0.4) is 0 Å². The number of anilines is 2. The second-order valence-corrected chi connectivity index (χ2v) is 6.73. The highest BCUT2D eigenvalue weighted by Gasteiger charge is 2.20. The number of carbonyl (C=O) groups is 2. The first-order chi connectivity index (χ1) is 12.5. The highest BCUT2D eigenvalue weighted by Crippen LogP contribution is 2.28. The van der Waals surface area contributed by atoms with Gasteiger partial charge in [-0.1, -0.05) is 36.5 Å². The number of para-hydroxylation sites is 1. The van der Waals surface area contributed by atoms with Crippen LogP contribution in [0.15, 0.2) is 48.5 Å². The Morgan fingerprint density at radius 2 is 1.92 bits per heavy atom. The smallest absolute Gasteiger partial charge is 0.267 e. The average Bonchev–Trinajstić information content (AvgIpc) is 3.01. The summed E-state index contributed by atoms with van der Waals surface area (Å²) in [7, 11) is 0. The third-order valence-electron chi connectivity index (χ3n) is 3.62. The van der Waals surface area contributed by atoms with Gasteiger partial charge in [0.05, 0.1) is 10.2 Å². The van der Waals surface area contributed by atoms with Crippen LogP contribution in [0.4, 0.5) is 10.8 Å². The standard InChI is InChI=1S/C19H19N3O3S/c1-3-16(25-14-7-5-4-6-8-14)18(24)22-19-21-15-10-9-13(20-12(2)23)11-17(15)26-19/h4-11,16H,3H2,1-2H3,(H,20,23)(H,21,22,24). The Morgan fingerprint density at radius 3 is 2.62 bits per heavy atom. The Labute approximate surface area is 155 Å². The minimum absolute atomic E-state index is 0.133. The van der Waals surface area contributed by atoms with Crippen molar-refractivity contribution in [2.24, 2.45) is 0 Å². The van der Waals surface area contributed by atoms with E-state index in [-0.39, 0.29) is 11.8 Å². The number of nitrogens with zero attached hydrogens (tertiary/aromatic N) is 1. The Balaban J connectivity index is 1.72. The zero-order valence-corrected chi connectivity index (χ0v) is 15.3. The van der Waals surface area contributed by atoms with Crippen LogP contribution in [0.5, 0.6) is 5.75 Å². The van der Waals surface area contributed by atoms with Crippen LogP contribution in [0.2, 0.25) is 0 Å². The van der Waals surface area contributed by atoms with Gasteiger partial charge < -0.3 is 10.1 Å². The normalized spacial score (nSPS) is 11.8. The molecular formula is C19H19N3O3S. The molecular weight excluding hydrogens is 350 g/mol. The number of carbonyl (C=O) groups excluding carboxylic acids is 2. The monoisotopic (exact) mass is 369 g/mol. The molecule has 2 amide bonds.